The Hall–Kier alpha value is -2.09. The average Bonchev–Trinajstić information content (AvgIpc) is 2.43. The van der Waals surface area contributed by atoms with Crippen LogP contribution in [-0.4, -0.2) is 19.4 Å². The van der Waals surface area contributed by atoms with E-state index in [0.29, 0.717) is 6.42 Å². The Balaban J connectivity index is 2.02. The molecular formula is C19H23NO. The zero-order chi connectivity index (χ0) is 15.4. The van der Waals surface area contributed by atoms with Gasteiger partial charge in [0.25, 0.3) is 0 Å². The van der Waals surface area contributed by atoms with E-state index in [1.54, 1.807) is 0 Å². The quantitative estimate of drug-likeness (QED) is 0.761. The number of nitrogens with zero attached hydrogens (tertiary/aromatic N) is 1. The zero-order valence-electron chi connectivity index (χ0n) is 13.3. The molecule has 2 aromatic carbocycles. The SMILES string of the molecule is Cc1cc(C)cc(C(=O)CCN(C)c2ccccc2C)c1. The highest BCUT2D eigenvalue weighted by molar-refractivity contribution is 5.96. The lowest BCUT2D eigenvalue weighted by atomic mass is 10.0. The fourth-order valence-corrected chi connectivity index (χ4v) is 2.66. The molecule has 2 heteroatoms. The molecule has 0 aliphatic carbocycles. The number of hydrogen-bond acceptors (Lipinski definition) is 2. The van der Waals surface area contributed by atoms with E-state index in [2.05, 4.69) is 30.0 Å². The summed E-state index contributed by atoms with van der Waals surface area (Å²) >= 11 is 0. The van der Waals surface area contributed by atoms with Crippen LogP contribution >= 0.6 is 0 Å². The van der Waals surface area contributed by atoms with E-state index in [0.717, 1.165) is 23.2 Å². The minimum absolute atomic E-state index is 0.210. The van der Waals surface area contributed by atoms with Gasteiger partial charge in [0.15, 0.2) is 5.78 Å². The first-order valence-electron chi connectivity index (χ1n) is 7.35. The van der Waals surface area contributed by atoms with E-state index in [1.165, 1.54) is 11.3 Å². The van der Waals surface area contributed by atoms with Crippen molar-refractivity contribution in [2.24, 2.45) is 0 Å². The third-order valence-electron chi connectivity index (χ3n) is 3.74. The predicted octanol–water partition coefficient (Wildman–Crippen LogP) is 4.32. The van der Waals surface area contributed by atoms with Crippen LogP contribution in [0.3, 0.4) is 0 Å². The molecule has 0 aromatic heterocycles. The smallest absolute Gasteiger partial charge is 0.164 e. The molecule has 110 valence electrons. The van der Waals surface area contributed by atoms with Crippen molar-refractivity contribution >= 4 is 11.5 Å². The number of carbonyl (C=O) groups is 1. The summed E-state index contributed by atoms with van der Waals surface area (Å²) in [4.78, 5) is 14.5. The normalized spacial score (nSPS) is 10.5. The number of hydrogen-bond donors (Lipinski definition) is 0. The van der Waals surface area contributed by atoms with E-state index in [-0.39, 0.29) is 5.78 Å². The van der Waals surface area contributed by atoms with Crippen molar-refractivity contribution in [2.45, 2.75) is 27.2 Å². The van der Waals surface area contributed by atoms with Gasteiger partial charge in [-0.25, -0.2) is 0 Å². The van der Waals surface area contributed by atoms with Gasteiger partial charge in [0, 0.05) is 31.3 Å². The molecule has 0 fully saturated rings. The summed E-state index contributed by atoms with van der Waals surface area (Å²) in [6, 6.07) is 14.3. The predicted molar refractivity (Wildman–Crippen MR) is 89.3 cm³/mol. The summed E-state index contributed by atoms with van der Waals surface area (Å²) in [6.07, 6.45) is 0.535. The Morgan fingerprint density at radius 2 is 1.62 bits per heavy atom. The number of ketones is 1. The Labute approximate surface area is 127 Å². The topological polar surface area (TPSA) is 20.3 Å². The van der Waals surface area contributed by atoms with Crippen LogP contribution in [0.15, 0.2) is 42.5 Å². The maximum absolute atomic E-state index is 12.3. The van der Waals surface area contributed by atoms with Crippen LogP contribution in [0.1, 0.15) is 33.5 Å². The van der Waals surface area contributed by atoms with E-state index in [9.17, 15) is 4.79 Å². The van der Waals surface area contributed by atoms with E-state index in [4.69, 9.17) is 0 Å². The summed E-state index contributed by atoms with van der Waals surface area (Å²) in [5.41, 5.74) is 5.53. The number of benzene rings is 2. The maximum atomic E-state index is 12.3. The van der Waals surface area contributed by atoms with Gasteiger partial charge in [0.2, 0.25) is 0 Å². The third-order valence-corrected chi connectivity index (χ3v) is 3.74. The van der Waals surface area contributed by atoms with Crippen LogP contribution in [0.25, 0.3) is 0 Å². The largest absolute Gasteiger partial charge is 0.374 e. The van der Waals surface area contributed by atoms with Crippen molar-refractivity contribution in [3.8, 4) is 0 Å². The second-order valence-corrected chi connectivity index (χ2v) is 5.76. The fraction of sp³-hybridized carbons (Fsp3) is 0.316. The highest BCUT2D eigenvalue weighted by Crippen LogP contribution is 2.18. The molecule has 0 aliphatic heterocycles. The molecule has 2 rings (SSSR count). The molecule has 2 nitrogen and oxygen atoms in total. The minimum Gasteiger partial charge on any atom is -0.374 e. The molecule has 2 aromatic rings. The van der Waals surface area contributed by atoms with E-state index < -0.39 is 0 Å². The summed E-state index contributed by atoms with van der Waals surface area (Å²) in [5.74, 6) is 0.210. The molecule has 0 spiro atoms. The van der Waals surface area contributed by atoms with Crippen LogP contribution in [0.2, 0.25) is 0 Å². The first-order chi connectivity index (χ1) is 9.97. The summed E-state index contributed by atoms with van der Waals surface area (Å²) in [7, 11) is 2.04. The van der Waals surface area contributed by atoms with Crippen molar-refractivity contribution in [2.75, 3.05) is 18.5 Å². The lowest BCUT2D eigenvalue weighted by Gasteiger charge is -2.21. The van der Waals surface area contributed by atoms with Crippen LogP contribution in [0, 0.1) is 20.8 Å². The minimum atomic E-state index is 0.210. The average molecular weight is 281 g/mol. The number of para-hydroxylation sites is 1. The van der Waals surface area contributed by atoms with Gasteiger partial charge in [-0.3, -0.25) is 4.79 Å². The van der Waals surface area contributed by atoms with Gasteiger partial charge < -0.3 is 4.90 Å². The van der Waals surface area contributed by atoms with Gasteiger partial charge in [0.1, 0.15) is 0 Å². The standard InChI is InChI=1S/C19H23NO/c1-14-11-15(2)13-17(12-14)19(21)9-10-20(4)18-8-6-5-7-16(18)3/h5-8,11-13H,9-10H2,1-4H3. The lowest BCUT2D eigenvalue weighted by Crippen LogP contribution is -2.22. The van der Waals surface area contributed by atoms with Crippen molar-refractivity contribution in [3.63, 3.8) is 0 Å². The molecular weight excluding hydrogens is 258 g/mol. The van der Waals surface area contributed by atoms with Crippen LogP contribution < -0.4 is 4.90 Å². The van der Waals surface area contributed by atoms with E-state index in [1.807, 2.05) is 45.2 Å². The highest BCUT2D eigenvalue weighted by atomic mass is 16.1. The highest BCUT2D eigenvalue weighted by Gasteiger charge is 2.10. The molecule has 0 saturated carbocycles. The Kier molecular flexibility index (Phi) is 4.79. The molecule has 0 aliphatic rings. The summed E-state index contributed by atoms with van der Waals surface area (Å²) in [5, 5.41) is 0. The van der Waals surface area contributed by atoms with Crippen LogP contribution in [0.5, 0.6) is 0 Å². The molecule has 0 unspecified atom stereocenters. The zero-order valence-corrected chi connectivity index (χ0v) is 13.3. The van der Waals surface area contributed by atoms with Gasteiger partial charge >= 0.3 is 0 Å². The maximum Gasteiger partial charge on any atom is 0.164 e. The summed E-state index contributed by atoms with van der Waals surface area (Å²) < 4.78 is 0. The monoisotopic (exact) mass is 281 g/mol. The van der Waals surface area contributed by atoms with Gasteiger partial charge in [-0.2, -0.15) is 0 Å². The molecule has 0 N–H and O–H groups in total. The molecule has 0 heterocycles. The second kappa shape index (κ2) is 6.57. The molecule has 21 heavy (non-hydrogen) atoms. The van der Waals surface area contributed by atoms with Crippen molar-refractivity contribution in [1.82, 2.24) is 0 Å². The number of anilines is 1. The molecule has 0 radical (unpaired) electrons. The Morgan fingerprint density at radius 3 is 2.24 bits per heavy atom. The number of aryl methyl sites for hydroxylation is 3. The molecule has 0 amide bonds. The van der Waals surface area contributed by atoms with Gasteiger partial charge in [-0.05, 0) is 44.5 Å². The first kappa shape index (κ1) is 15.3. The number of carbonyl (C=O) groups excluding carboxylic acids is 1. The molecule has 0 bridgehead atoms. The van der Waals surface area contributed by atoms with Crippen molar-refractivity contribution in [1.29, 1.82) is 0 Å². The second-order valence-electron chi connectivity index (χ2n) is 5.76. The molecule has 0 atom stereocenters. The summed E-state index contributed by atoms with van der Waals surface area (Å²) in [6.45, 7) is 6.89. The van der Waals surface area contributed by atoms with Crippen molar-refractivity contribution in [3.05, 3.63) is 64.7 Å². The van der Waals surface area contributed by atoms with Gasteiger partial charge in [0.05, 0.1) is 0 Å². The van der Waals surface area contributed by atoms with Gasteiger partial charge in [-0.15, -0.1) is 0 Å². The third kappa shape index (κ3) is 3.94. The van der Waals surface area contributed by atoms with Crippen LogP contribution in [0.4, 0.5) is 5.69 Å². The van der Waals surface area contributed by atoms with Crippen LogP contribution in [-0.2, 0) is 0 Å². The Morgan fingerprint density at radius 1 is 1.00 bits per heavy atom. The number of Topliss-reactive ketones (excluding diaryl/α,β-unsaturated/α-hetero) is 1. The first-order valence-corrected chi connectivity index (χ1v) is 7.35. The number of rotatable bonds is 5. The Bertz CT molecular complexity index is 626. The van der Waals surface area contributed by atoms with E-state index >= 15 is 0 Å². The fourth-order valence-electron chi connectivity index (χ4n) is 2.66. The lowest BCUT2D eigenvalue weighted by molar-refractivity contribution is 0.0984. The van der Waals surface area contributed by atoms with Gasteiger partial charge in [-0.1, -0.05) is 35.4 Å². The molecule has 0 saturated heterocycles. The van der Waals surface area contributed by atoms with Crippen molar-refractivity contribution < 1.29 is 4.79 Å².